The smallest absolute Gasteiger partial charge is 0.224 e. The van der Waals surface area contributed by atoms with Crippen LogP contribution in [0.5, 0.6) is 0 Å². The van der Waals surface area contributed by atoms with Crippen LogP contribution in [0.15, 0.2) is 55.0 Å². The van der Waals surface area contributed by atoms with Crippen LogP contribution < -0.4 is 5.32 Å². The summed E-state index contributed by atoms with van der Waals surface area (Å²) in [5.41, 5.74) is 5.24. The minimum absolute atomic E-state index is 0.0301. The molecule has 29 heavy (non-hydrogen) atoms. The van der Waals surface area contributed by atoms with E-state index >= 15 is 0 Å². The number of fused-ring (bicyclic) bond motifs is 1. The molecule has 2 heterocycles. The van der Waals surface area contributed by atoms with Crippen molar-refractivity contribution in [1.29, 1.82) is 0 Å². The maximum Gasteiger partial charge on any atom is 0.224 e. The van der Waals surface area contributed by atoms with Gasteiger partial charge in [0.2, 0.25) is 5.91 Å². The fourth-order valence-corrected chi connectivity index (χ4v) is 4.07. The highest BCUT2D eigenvalue weighted by atomic mass is 16.1. The molecule has 1 aliphatic carbocycles. The van der Waals surface area contributed by atoms with Crippen LogP contribution in [-0.2, 0) is 17.6 Å². The summed E-state index contributed by atoms with van der Waals surface area (Å²) in [7, 11) is 0. The standard InChI is InChI=1S/C24H26N4O/c1-16-5-4-6-17(11-16)12-22(29)27-20-13-24(2,3)14-21-19(20)15-26-23(28-21)18-7-9-25-10-8-18/h4-11,15,20H,12-14H2,1-3H3,(H,27,29)/t20-/m1/s1. The summed E-state index contributed by atoms with van der Waals surface area (Å²) in [4.78, 5) is 26.2. The van der Waals surface area contributed by atoms with Crippen LogP contribution in [-0.4, -0.2) is 20.9 Å². The van der Waals surface area contributed by atoms with E-state index < -0.39 is 0 Å². The van der Waals surface area contributed by atoms with Crippen molar-refractivity contribution in [1.82, 2.24) is 20.3 Å². The predicted molar refractivity (Wildman–Crippen MR) is 113 cm³/mol. The van der Waals surface area contributed by atoms with E-state index in [1.807, 2.05) is 43.5 Å². The lowest BCUT2D eigenvalue weighted by molar-refractivity contribution is -0.121. The zero-order valence-corrected chi connectivity index (χ0v) is 17.1. The van der Waals surface area contributed by atoms with E-state index in [1.165, 1.54) is 0 Å². The number of hydrogen-bond acceptors (Lipinski definition) is 4. The first-order chi connectivity index (χ1) is 13.9. The number of rotatable bonds is 4. The van der Waals surface area contributed by atoms with E-state index in [4.69, 9.17) is 4.98 Å². The SMILES string of the molecule is Cc1cccc(CC(=O)N[C@@H]2CC(C)(C)Cc3nc(-c4ccncc4)ncc32)c1. The molecule has 0 fully saturated rings. The zero-order valence-electron chi connectivity index (χ0n) is 17.1. The molecule has 4 rings (SSSR count). The highest BCUT2D eigenvalue weighted by molar-refractivity contribution is 5.79. The molecule has 0 saturated carbocycles. The Labute approximate surface area is 171 Å². The van der Waals surface area contributed by atoms with Gasteiger partial charge in [-0.1, -0.05) is 43.7 Å². The van der Waals surface area contributed by atoms with Crippen LogP contribution in [0.25, 0.3) is 11.4 Å². The first-order valence-corrected chi connectivity index (χ1v) is 10.0. The lowest BCUT2D eigenvalue weighted by Gasteiger charge is -2.36. The molecular formula is C24H26N4O. The van der Waals surface area contributed by atoms with Gasteiger partial charge in [0.25, 0.3) is 0 Å². The Morgan fingerprint density at radius 3 is 2.76 bits per heavy atom. The zero-order chi connectivity index (χ0) is 20.4. The minimum atomic E-state index is -0.0717. The predicted octanol–water partition coefficient (Wildman–Crippen LogP) is 4.22. The summed E-state index contributed by atoms with van der Waals surface area (Å²) in [6.07, 6.45) is 7.49. The van der Waals surface area contributed by atoms with Gasteiger partial charge < -0.3 is 5.32 Å². The van der Waals surface area contributed by atoms with Gasteiger partial charge in [-0.05, 0) is 42.9 Å². The van der Waals surface area contributed by atoms with E-state index in [9.17, 15) is 4.79 Å². The average molecular weight is 386 g/mol. The maximum atomic E-state index is 12.7. The maximum absolute atomic E-state index is 12.7. The highest BCUT2D eigenvalue weighted by Crippen LogP contribution is 2.40. The van der Waals surface area contributed by atoms with Crippen LogP contribution in [0.2, 0.25) is 0 Å². The molecule has 0 radical (unpaired) electrons. The van der Waals surface area contributed by atoms with Crippen LogP contribution in [0.4, 0.5) is 0 Å². The van der Waals surface area contributed by atoms with Crippen LogP contribution in [0.1, 0.15) is 48.7 Å². The number of carbonyl (C=O) groups is 1. The van der Waals surface area contributed by atoms with Gasteiger partial charge in [0.05, 0.1) is 18.2 Å². The Hall–Kier alpha value is -3.08. The van der Waals surface area contributed by atoms with Crippen LogP contribution in [0, 0.1) is 12.3 Å². The first-order valence-electron chi connectivity index (χ1n) is 10.0. The van der Waals surface area contributed by atoms with E-state index in [1.54, 1.807) is 12.4 Å². The van der Waals surface area contributed by atoms with Crippen molar-refractivity contribution in [2.75, 3.05) is 0 Å². The molecule has 1 aromatic carbocycles. The molecule has 2 aromatic heterocycles. The molecule has 5 heteroatoms. The highest BCUT2D eigenvalue weighted by Gasteiger charge is 2.34. The van der Waals surface area contributed by atoms with Crippen molar-refractivity contribution in [2.24, 2.45) is 5.41 Å². The summed E-state index contributed by atoms with van der Waals surface area (Å²) in [5, 5.41) is 3.23. The Kier molecular flexibility index (Phi) is 5.14. The molecule has 0 aliphatic heterocycles. The largest absolute Gasteiger partial charge is 0.349 e. The number of carbonyl (C=O) groups excluding carboxylic acids is 1. The summed E-state index contributed by atoms with van der Waals surface area (Å²) in [6, 6.07) is 11.8. The van der Waals surface area contributed by atoms with E-state index in [-0.39, 0.29) is 17.4 Å². The van der Waals surface area contributed by atoms with Gasteiger partial charge in [0, 0.05) is 29.7 Å². The van der Waals surface area contributed by atoms with Gasteiger partial charge in [-0.25, -0.2) is 9.97 Å². The molecule has 1 aliphatic rings. The molecule has 0 saturated heterocycles. The first kappa shape index (κ1) is 19.2. The molecule has 3 aromatic rings. The van der Waals surface area contributed by atoms with Gasteiger partial charge in [-0.15, -0.1) is 0 Å². The molecule has 148 valence electrons. The topological polar surface area (TPSA) is 67.8 Å². The summed E-state index contributed by atoms with van der Waals surface area (Å²) in [6.45, 7) is 6.49. The van der Waals surface area contributed by atoms with Gasteiger partial charge in [-0.3, -0.25) is 9.78 Å². The van der Waals surface area contributed by atoms with Crippen molar-refractivity contribution >= 4 is 5.91 Å². The molecule has 0 bridgehead atoms. The molecule has 1 amide bonds. The third kappa shape index (κ3) is 4.50. The van der Waals surface area contributed by atoms with Crippen LogP contribution >= 0.6 is 0 Å². The van der Waals surface area contributed by atoms with E-state index in [0.29, 0.717) is 12.2 Å². The minimum Gasteiger partial charge on any atom is -0.349 e. The second-order valence-electron chi connectivity index (χ2n) is 8.66. The molecule has 5 nitrogen and oxygen atoms in total. The molecule has 1 atom stereocenters. The Bertz CT molecular complexity index is 1030. The van der Waals surface area contributed by atoms with Crippen LogP contribution in [0.3, 0.4) is 0 Å². The van der Waals surface area contributed by atoms with E-state index in [2.05, 4.69) is 35.2 Å². The van der Waals surface area contributed by atoms with Crippen molar-refractivity contribution in [2.45, 2.75) is 46.1 Å². The summed E-state index contributed by atoms with van der Waals surface area (Å²) in [5.74, 6) is 0.733. The van der Waals surface area contributed by atoms with Crippen molar-refractivity contribution in [3.8, 4) is 11.4 Å². The van der Waals surface area contributed by atoms with Gasteiger partial charge in [0.15, 0.2) is 5.82 Å². The third-order valence-electron chi connectivity index (χ3n) is 5.40. The second kappa shape index (κ2) is 7.74. The number of nitrogens with one attached hydrogen (secondary N) is 1. The quantitative estimate of drug-likeness (QED) is 0.729. The second-order valence-corrected chi connectivity index (χ2v) is 8.66. The molecule has 0 spiro atoms. The van der Waals surface area contributed by atoms with Gasteiger partial charge in [0.1, 0.15) is 0 Å². The van der Waals surface area contributed by atoms with Gasteiger partial charge >= 0.3 is 0 Å². The number of pyridine rings is 1. The normalized spacial score (nSPS) is 17.4. The third-order valence-corrected chi connectivity index (χ3v) is 5.40. The number of amides is 1. The number of nitrogens with zero attached hydrogens (tertiary/aromatic N) is 3. The van der Waals surface area contributed by atoms with Crippen molar-refractivity contribution in [3.05, 3.63) is 77.4 Å². The Morgan fingerprint density at radius 1 is 1.21 bits per heavy atom. The van der Waals surface area contributed by atoms with E-state index in [0.717, 1.165) is 40.8 Å². The molecule has 1 N–H and O–H groups in total. The van der Waals surface area contributed by atoms with Gasteiger partial charge in [-0.2, -0.15) is 0 Å². The fraction of sp³-hybridized carbons (Fsp3) is 0.333. The fourth-order valence-electron chi connectivity index (χ4n) is 4.07. The summed E-state index contributed by atoms with van der Waals surface area (Å²) >= 11 is 0. The Morgan fingerprint density at radius 2 is 2.00 bits per heavy atom. The average Bonchev–Trinajstić information content (AvgIpc) is 2.67. The monoisotopic (exact) mass is 386 g/mol. The lowest BCUT2D eigenvalue weighted by atomic mass is 9.74. The lowest BCUT2D eigenvalue weighted by Crippen LogP contribution is -2.37. The number of aromatic nitrogens is 3. The number of aryl methyl sites for hydroxylation is 1. The number of hydrogen-bond donors (Lipinski definition) is 1. The van der Waals surface area contributed by atoms with Crippen molar-refractivity contribution in [3.63, 3.8) is 0 Å². The summed E-state index contributed by atoms with van der Waals surface area (Å²) < 4.78 is 0. The Balaban J connectivity index is 1.58. The van der Waals surface area contributed by atoms with Crippen molar-refractivity contribution < 1.29 is 4.79 Å². The molecule has 0 unspecified atom stereocenters. The molecular weight excluding hydrogens is 360 g/mol. The number of benzene rings is 1.